The van der Waals surface area contributed by atoms with Gasteiger partial charge in [-0.1, -0.05) is 68.2 Å². The van der Waals surface area contributed by atoms with Crippen LogP contribution in [0.2, 0.25) is 10.0 Å². The highest BCUT2D eigenvalue weighted by Gasteiger charge is 2.25. The van der Waals surface area contributed by atoms with Crippen molar-refractivity contribution in [2.45, 2.75) is 27.3 Å². The number of benzene rings is 2. The fourth-order valence-corrected chi connectivity index (χ4v) is 3.53. The van der Waals surface area contributed by atoms with Crippen LogP contribution in [0.4, 0.5) is 0 Å². The maximum atomic E-state index is 12.6. The first kappa shape index (κ1) is 20.2. The fourth-order valence-electron chi connectivity index (χ4n) is 3.06. The Balaban J connectivity index is 2.10. The van der Waals surface area contributed by atoms with E-state index < -0.39 is 5.41 Å². The highest BCUT2D eigenvalue weighted by molar-refractivity contribution is 6.35. The molecular formula is C23H20Cl2N2O. The molecule has 28 heavy (non-hydrogen) atoms. The van der Waals surface area contributed by atoms with Gasteiger partial charge in [-0.15, -0.1) is 0 Å². The van der Waals surface area contributed by atoms with Gasteiger partial charge in [-0.3, -0.25) is 4.79 Å². The van der Waals surface area contributed by atoms with E-state index in [9.17, 15) is 10.1 Å². The smallest absolute Gasteiger partial charge is 0.178 e. The van der Waals surface area contributed by atoms with Gasteiger partial charge in [0.2, 0.25) is 0 Å². The predicted octanol–water partition coefficient (Wildman–Crippen LogP) is 6.52. The highest BCUT2D eigenvalue weighted by atomic mass is 35.5. The summed E-state index contributed by atoms with van der Waals surface area (Å²) < 4.78 is 2.06. The molecule has 0 aliphatic rings. The van der Waals surface area contributed by atoms with Crippen LogP contribution >= 0.6 is 23.2 Å². The summed E-state index contributed by atoms with van der Waals surface area (Å²) in [6.07, 6.45) is 3.62. The van der Waals surface area contributed by atoms with E-state index in [1.165, 1.54) is 0 Å². The summed E-state index contributed by atoms with van der Waals surface area (Å²) in [5.74, 6) is -0.174. The minimum atomic E-state index is -0.614. The topological polar surface area (TPSA) is 45.8 Å². The number of nitriles is 1. The molecule has 3 aromatic rings. The van der Waals surface area contributed by atoms with Gasteiger partial charge < -0.3 is 4.57 Å². The Morgan fingerprint density at radius 3 is 2.54 bits per heavy atom. The van der Waals surface area contributed by atoms with Crippen LogP contribution < -0.4 is 0 Å². The summed E-state index contributed by atoms with van der Waals surface area (Å²) in [4.78, 5) is 12.6. The Morgan fingerprint density at radius 2 is 1.89 bits per heavy atom. The van der Waals surface area contributed by atoms with Gasteiger partial charge in [-0.05, 0) is 29.8 Å². The molecule has 1 aromatic heterocycles. The second-order valence-electron chi connectivity index (χ2n) is 7.71. The lowest BCUT2D eigenvalue weighted by Crippen LogP contribution is -2.21. The van der Waals surface area contributed by atoms with Crippen LogP contribution in [-0.2, 0) is 11.3 Å². The molecule has 1 heterocycles. The first-order valence-corrected chi connectivity index (χ1v) is 9.64. The van der Waals surface area contributed by atoms with E-state index in [1.54, 1.807) is 12.1 Å². The largest absolute Gasteiger partial charge is 0.342 e. The van der Waals surface area contributed by atoms with Gasteiger partial charge in [-0.2, -0.15) is 5.26 Å². The molecule has 5 heteroatoms. The van der Waals surface area contributed by atoms with Crippen molar-refractivity contribution in [1.29, 1.82) is 5.26 Å². The van der Waals surface area contributed by atoms with E-state index in [1.807, 2.05) is 63.4 Å². The number of halogens is 2. The zero-order chi connectivity index (χ0) is 20.5. The normalized spacial score (nSPS) is 12.2. The molecule has 0 fully saturated rings. The first-order chi connectivity index (χ1) is 13.2. The molecule has 0 N–H and O–H groups in total. The van der Waals surface area contributed by atoms with Crippen molar-refractivity contribution in [3.05, 3.63) is 75.4 Å². The number of rotatable bonds is 4. The average molecular weight is 411 g/mol. The molecule has 142 valence electrons. The molecule has 2 aromatic carbocycles. The number of hydrogen-bond donors (Lipinski definition) is 0. The number of nitrogens with zero attached hydrogens (tertiary/aromatic N) is 2. The maximum absolute atomic E-state index is 12.6. The molecule has 0 bridgehead atoms. The van der Waals surface area contributed by atoms with Gasteiger partial charge >= 0.3 is 0 Å². The Kier molecular flexibility index (Phi) is 5.65. The molecule has 0 unspecified atom stereocenters. The lowest BCUT2D eigenvalue weighted by Gasteiger charge is -2.15. The monoisotopic (exact) mass is 410 g/mol. The molecule has 0 aliphatic heterocycles. The van der Waals surface area contributed by atoms with Crippen molar-refractivity contribution in [3.63, 3.8) is 0 Å². The highest BCUT2D eigenvalue weighted by Crippen LogP contribution is 2.28. The summed E-state index contributed by atoms with van der Waals surface area (Å²) in [7, 11) is 0. The van der Waals surface area contributed by atoms with Crippen molar-refractivity contribution in [3.8, 4) is 6.07 Å². The number of carbonyl (C=O) groups excluding carboxylic acids is 1. The summed E-state index contributed by atoms with van der Waals surface area (Å²) in [5.41, 5.74) is 2.31. The number of para-hydroxylation sites is 1. The van der Waals surface area contributed by atoms with E-state index in [2.05, 4.69) is 10.6 Å². The van der Waals surface area contributed by atoms with Gasteiger partial charge in [0.15, 0.2) is 5.78 Å². The first-order valence-electron chi connectivity index (χ1n) is 8.89. The molecule has 0 saturated carbocycles. The fraction of sp³-hybridized carbons (Fsp3) is 0.217. The van der Waals surface area contributed by atoms with Crippen LogP contribution in [0.25, 0.3) is 17.0 Å². The van der Waals surface area contributed by atoms with Gasteiger partial charge in [-0.25, -0.2) is 0 Å². The van der Waals surface area contributed by atoms with Crippen LogP contribution in [0.15, 0.2) is 54.2 Å². The van der Waals surface area contributed by atoms with E-state index in [0.717, 1.165) is 22.0 Å². The van der Waals surface area contributed by atoms with Crippen molar-refractivity contribution in [1.82, 2.24) is 4.57 Å². The summed E-state index contributed by atoms with van der Waals surface area (Å²) in [6.45, 7) is 5.99. The number of aromatic nitrogens is 1. The zero-order valence-corrected chi connectivity index (χ0v) is 17.5. The third-order valence-electron chi connectivity index (χ3n) is 4.52. The molecule has 0 spiro atoms. The van der Waals surface area contributed by atoms with Crippen LogP contribution in [0, 0.1) is 16.7 Å². The summed E-state index contributed by atoms with van der Waals surface area (Å²) in [5, 5.41) is 11.7. The third kappa shape index (κ3) is 4.14. The number of fused-ring (bicyclic) bond motifs is 1. The third-order valence-corrected chi connectivity index (χ3v) is 5.11. The van der Waals surface area contributed by atoms with Crippen LogP contribution in [-0.4, -0.2) is 10.4 Å². The van der Waals surface area contributed by atoms with E-state index in [4.69, 9.17) is 23.2 Å². The number of allylic oxidation sites excluding steroid dienone is 1. The van der Waals surface area contributed by atoms with Gasteiger partial charge in [0, 0.05) is 44.7 Å². The van der Waals surface area contributed by atoms with Gasteiger partial charge in [0.05, 0.1) is 5.57 Å². The molecule has 3 nitrogen and oxygen atoms in total. The second-order valence-corrected chi connectivity index (χ2v) is 8.56. The van der Waals surface area contributed by atoms with Crippen molar-refractivity contribution in [2.75, 3.05) is 0 Å². The molecule has 0 atom stereocenters. The van der Waals surface area contributed by atoms with Crippen LogP contribution in [0.3, 0.4) is 0 Å². The van der Waals surface area contributed by atoms with Crippen molar-refractivity contribution >= 4 is 46.0 Å². The van der Waals surface area contributed by atoms with Gasteiger partial charge in [0.25, 0.3) is 0 Å². The Morgan fingerprint density at radius 1 is 1.18 bits per heavy atom. The molecule has 0 amide bonds. The lowest BCUT2D eigenvalue weighted by atomic mass is 9.86. The number of Topliss-reactive ketones (excluding diaryl/α,β-unsaturated/α-hetero) is 1. The SMILES string of the molecule is CC(C)(C)C(=O)/C(C#N)=C/c1cn(Cc2ccc(Cl)cc2Cl)c2ccccc12. The molecule has 0 saturated heterocycles. The minimum absolute atomic E-state index is 0.153. The lowest BCUT2D eigenvalue weighted by molar-refractivity contribution is -0.121. The summed E-state index contributed by atoms with van der Waals surface area (Å²) in [6, 6.07) is 15.4. The second kappa shape index (κ2) is 7.83. The van der Waals surface area contributed by atoms with Crippen LogP contribution in [0.5, 0.6) is 0 Å². The summed E-state index contributed by atoms with van der Waals surface area (Å²) >= 11 is 12.3. The Hall–Kier alpha value is -2.54. The van der Waals surface area contributed by atoms with Crippen molar-refractivity contribution < 1.29 is 4.79 Å². The predicted molar refractivity (Wildman–Crippen MR) is 116 cm³/mol. The standard InChI is InChI=1S/C23H20Cl2N2O/c1-23(2,3)22(28)16(12-26)10-17-14-27(21-7-5-4-6-19(17)21)13-15-8-9-18(24)11-20(15)25/h4-11,14H,13H2,1-3H3/b16-10+. The van der Waals surface area contributed by atoms with Crippen LogP contribution in [0.1, 0.15) is 31.9 Å². The Bertz CT molecular complexity index is 1130. The molecule has 0 aliphatic carbocycles. The average Bonchev–Trinajstić information content (AvgIpc) is 2.98. The Labute approximate surface area is 174 Å². The number of ketones is 1. The van der Waals surface area contributed by atoms with E-state index >= 15 is 0 Å². The minimum Gasteiger partial charge on any atom is -0.342 e. The maximum Gasteiger partial charge on any atom is 0.178 e. The zero-order valence-electron chi connectivity index (χ0n) is 16.0. The van der Waals surface area contributed by atoms with Crippen molar-refractivity contribution in [2.24, 2.45) is 5.41 Å². The van der Waals surface area contributed by atoms with E-state index in [0.29, 0.717) is 16.6 Å². The molecule has 0 radical (unpaired) electrons. The quantitative estimate of drug-likeness (QED) is 0.363. The van der Waals surface area contributed by atoms with Gasteiger partial charge in [0.1, 0.15) is 6.07 Å². The van der Waals surface area contributed by atoms with E-state index in [-0.39, 0.29) is 11.4 Å². The molecule has 3 rings (SSSR count). The molecular weight excluding hydrogens is 391 g/mol. The number of carbonyl (C=O) groups is 1. The number of hydrogen-bond acceptors (Lipinski definition) is 2.